The molecule has 1 heterocycles. The van der Waals surface area contributed by atoms with E-state index in [1.165, 1.54) is 5.01 Å². The predicted molar refractivity (Wildman–Crippen MR) is 97.3 cm³/mol. The van der Waals surface area contributed by atoms with Gasteiger partial charge in [-0.05, 0) is 31.9 Å². The lowest BCUT2D eigenvalue weighted by Crippen LogP contribution is -2.47. The standard InChI is InChI=1S/C14H16ClF3N6O4S/c1-2-24-13(20-22-23-24)19-12(25)8-5-6-9(28-14(16,17)18)11(10(8)15)21-29(26,27)7-3-4-7/h5-7,21-23H,2-4H2,1H3,(H,19,20,25). The minimum atomic E-state index is -5.09. The first-order chi connectivity index (χ1) is 13.5. The van der Waals surface area contributed by atoms with E-state index < -0.39 is 44.0 Å². The summed E-state index contributed by atoms with van der Waals surface area (Å²) >= 11 is 6.10. The molecule has 10 nitrogen and oxygen atoms in total. The average Bonchev–Trinajstić information content (AvgIpc) is 3.38. The zero-order valence-corrected chi connectivity index (χ0v) is 16.4. The molecule has 0 radical (unpaired) electrons. The van der Waals surface area contributed by atoms with E-state index >= 15 is 0 Å². The van der Waals surface area contributed by atoms with Gasteiger partial charge in [-0.25, -0.2) is 14.0 Å². The number of carbonyl (C=O) groups excluding carboxylic acids is 1. The monoisotopic (exact) mass is 456 g/mol. The molecule has 1 aromatic rings. The van der Waals surface area contributed by atoms with Crippen molar-refractivity contribution in [2.75, 3.05) is 11.3 Å². The molecule has 1 amide bonds. The van der Waals surface area contributed by atoms with Gasteiger partial charge in [0.2, 0.25) is 16.0 Å². The van der Waals surface area contributed by atoms with E-state index in [4.69, 9.17) is 11.6 Å². The number of nitrogens with one attached hydrogen (secondary N) is 4. The first-order valence-corrected chi connectivity index (χ1v) is 10.2. The molecule has 0 atom stereocenters. The van der Waals surface area contributed by atoms with Gasteiger partial charge in [0.05, 0.1) is 15.8 Å². The van der Waals surface area contributed by atoms with Crippen molar-refractivity contribution in [2.45, 2.75) is 31.4 Å². The number of anilines is 1. The highest BCUT2D eigenvalue weighted by Crippen LogP contribution is 2.40. The molecule has 4 N–H and O–H groups in total. The second-order valence-corrected chi connectivity index (χ2v) is 8.39. The fourth-order valence-corrected chi connectivity index (χ4v) is 4.14. The van der Waals surface area contributed by atoms with Crippen molar-refractivity contribution < 1.29 is 31.1 Å². The number of ether oxygens (including phenoxy) is 1. The lowest BCUT2D eigenvalue weighted by Gasteiger charge is -2.19. The Balaban J connectivity index is 1.94. The summed E-state index contributed by atoms with van der Waals surface area (Å²) in [6.07, 6.45) is -4.35. The van der Waals surface area contributed by atoms with Gasteiger partial charge in [-0.15, -0.1) is 23.8 Å². The lowest BCUT2D eigenvalue weighted by atomic mass is 10.1. The van der Waals surface area contributed by atoms with Gasteiger partial charge in [0.1, 0.15) is 5.69 Å². The first kappa shape index (κ1) is 21.3. The molecule has 0 aromatic heterocycles. The van der Waals surface area contributed by atoms with Crippen molar-refractivity contribution in [3.8, 4) is 5.75 Å². The number of hydrazone groups is 1. The number of sulfonamides is 1. The Morgan fingerprint density at radius 2 is 2.10 bits per heavy atom. The summed E-state index contributed by atoms with van der Waals surface area (Å²) in [6, 6.07) is 1.80. The van der Waals surface area contributed by atoms with Crippen LogP contribution in [0.4, 0.5) is 18.9 Å². The Hall–Kier alpha value is -2.45. The third-order valence-electron chi connectivity index (χ3n) is 3.93. The highest BCUT2D eigenvalue weighted by Gasteiger charge is 2.39. The molecular formula is C14H16ClF3N6O4S. The van der Waals surface area contributed by atoms with Crippen LogP contribution in [0.1, 0.15) is 30.1 Å². The third-order valence-corrected chi connectivity index (χ3v) is 6.16. The zero-order valence-electron chi connectivity index (χ0n) is 14.8. The number of guanidine groups is 1. The average molecular weight is 457 g/mol. The maximum atomic E-state index is 12.7. The van der Waals surface area contributed by atoms with E-state index in [1.807, 2.05) is 4.72 Å². The Morgan fingerprint density at radius 3 is 2.69 bits per heavy atom. The number of hydrazine groups is 2. The Kier molecular flexibility index (Phi) is 5.69. The second kappa shape index (κ2) is 7.76. The number of halogens is 4. The molecule has 0 unspecified atom stereocenters. The fraction of sp³-hybridized carbons (Fsp3) is 0.429. The summed E-state index contributed by atoms with van der Waals surface area (Å²) in [7, 11) is -3.98. The van der Waals surface area contributed by atoms with E-state index in [2.05, 4.69) is 26.2 Å². The predicted octanol–water partition coefficient (Wildman–Crippen LogP) is 1.49. The molecule has 1 fully saturated rings. The van der Waals surface area contributed by atoms with Gasteiger partial charge in [-0.2, -0.15) is 0 Å². The van der Waals surface area contributed by atoms with Crippen molar-refractivity contribution in [2.24, 2.45) is 5.10 Å². The maximum Gasteiger partial charge on any atom is 0.573 e. The fourth-order valence-electron chi connectivity index (χ4n) is 2.39. The van der Waals surface area contributed by atoms with E-state index in [1.54, 1.807) is 6.92 Å². The molecule has 1 aliphatic heterocycles. The molecule has 0 bridgehead atoms. The number of hydrogen-bond donors (Lipinski definition) is 4. The van der Waals surface area contributed by atoms with E-state index in [0.717, 1.165) is 12.1 Å². The third kappa shape index (κ3) is 4.94. The van der Waals surface area contributed by atoms with Crippen LogP contribution in [0.15, 0.2) is 17.2 Å². The van der Waals surface area contributed by atoms with Crippen LogP contribution in [0.2, 0.25) is 5.02 Å². The molecule has 1 aliphatic carbocycles. The van der Waals surface area contributed by atoms with Gasteiger partial charge in [-0.3, -0.25) is 19.8 Å². The van der Waals surface area contributed by atoms with Gasteiger partial charge in [0, 0.05) is 6.54 Å². The summed E-state index contributed by atoms with van der Waals surface area (Å²) < 4.78 is 68.5. The van der Waals surface area contributed by atoms with Crippen molar-refractivity contribution in [3.05, 3.63) is 22.7 Å². The summed E-state index contributed by atoms with van der Waals surface area (Å²) in [5.41, 5.74) is 4.10. The van der Waals surface area contributed by atoms with Crippen molar-refractivity contribution in [1.82, 2.24) is 21.4 Å². The second-order valence-electron chi connectivity index (χ2n) is 6.05. The maximum absolute atomic E-state index is 12.7. The normalized spacial score (nSPS) is 16.9. The Bertz CT molecular complexity index is 951. The van der Waals surface area contributed by atoms with Crippen LogP contribution in [0, 0.1) is 0 Å². The van der Waals surface area contributed by atoms with Crippen LogP contribution >= 0.6 is 11.6 Å². The number of amides is 1. The van der Waals surface area contributed by atoms with E-state index in [-0.39, 0.29) is 11.5 Å². The molecule has 0 spiro atoms. The lowest BCUT2D eigenvalue weighted by molar-refractivity contribution is -0.274. The van der Waals surface area contributed by atoms with Crippen LogP contribution in [0.3, 0.4) is 0 Å². The minimum Gasteiger partial charge on any atom is -0.403 e. The Morgan fingerprint density at radius 1 is 1.41 bits per heavy atom. The molecule has 160 valence electrons. The number of benzene rings is 1. The largest absolute Gasteiger partial charge is 0.573 e. The molecule has 3 rings (SSSR count). The molecule has 2 aliphatic rings. The zero-order chi connectivity index (χ0) is 21.4. The summed E-state index contributed by atoms with van der Waals surface area (Å²) in [5.74, 6) is -1.60. The summed E-state index contributed by atoms with van der Waals surface area (Å²) in [6.45, 7) is 2.19. The quantitative estimate of drug-likeness (QED) is 0.511. The molecule has 29 heavy (non-hydrogen) atoms. The van der Waals surface area contributed by atoms with Crippen molar-refractivity contribution in [1.29, 1.82) is 0 Å². The van der Waals surface area contributed by atoms with Gasteiger partial charge in [-0.1, -0.05) is 11.6 Å². The van der Waals surface area contributed by atoms with E-state index in [0.29, 0.717) is 19.4 Å². The van der Waals surface area contributed by atoms with Crippen molar-refractivity contribution >= 4 is 39.2 Å². The Labute approximate surface area is 168 Å². The highest BCUT2D eigenvalue weighted by molar-refractivity contribution is 7.93. The molecular weight excluding hydrogens is 441 g/mol. The van der Waals surface area contributed by atoms with Gasteiger partial charge in [0.25, 0.3) is 5.91 Å². The SMILES string of the molecule is CCN1NNN=C1NC(=O)c1ccc(OC(F)(F)F)c(NS(=O)(=O)C2CC2)c1Cl. The van der Waals surface area contributed by atoms with E-state index in [9.17, 15) is 26.4 Å². The molecule has 1 aromatic carbocycles. The van der Waals surface area contributed by atoms with Crippen LogP contribution in [-0.4, -0.2) is 43.5 Å². The van der Waals surface area contributed by atoms with Crippen LogP contribution in [0.5, 0.6) is 5.75 Å². The molecule has 0 saturated heterocycles. The minimum absolute atomic E-state index is 0.0873. The van der Waals surface area contributed by atoms with Crippen molar-refractivity contribution in [3.63, 3.8) is 0 Å². The van der Waals surface area contributed by atoms with Gasteiger partial charge in [0.15, 0.2) is 5.75 Å². The number of carbonyl (C=O) groups is 1. The molecule has 15 heteroatoms. The molecule has 1 saturated carbocycles. The summed E-state index contributed by atoms with van der Waals surface area (Å²) in [5, 5.41) is 6.35. The number of nitrogens with zero attached hydrogens (tertiary/aromatic N) is 2. The smallest absolute Gasteiger partial charge is 0.403 e. The highest BCUT2D eigenvalue weighted by atomic mass is 35.5. The number of rotatable bonds is 6. The van der Waals surface area contributed by atoms with Gasteiger partial charge >= 0.3 is 6.36 Å². The summed E-state index contributed by atoms with van der Waals surface area (Å²) in [4.78, 5) is 12.5. The van der Waals surface area contributed by atoms with Crippen LogP contribution in [0.25, 0.3) is 0 Å². The number of alkyl halides is 3. The van der Waals surface area contributed by atoms with Gasteiger partial charge < -0.3 is 4.74 Å². The topological polar surface area (TPSA) is 124 Å². The first-order valence-electron chi connectivity index (χ1n) is 8.29. The van der Waals surface area contributed by atoms with Crippen LogP contribution < -0.4 is 25.8 Å². The number of hydrogen-bond acceptors (Lipinski definition) is 8. The van der Waals surface area contributed by atoms with Crippen LogP contribution in [-0.2, 0) is 10.0 Å².